The summed E-state index contributed by atoms with van der Waals surface area (Å²) in [5.74, 6) is 0.862. The van der Waals surface area contributed by atoms with Gasteiger partial charge >= 0.3 is 5.69 Å². The Morgan fingerprint density at radius 1 is 1.21 bits per heavy atom. The Morgan fingerprint density at radius 2 is 2.00 bits per heavy atom. The summed E-state index contributed by atoms with van der Waals surface area (Å²) in [7, 11) is 1.42. The summed E-state index contributed by atoms with van der Waals surface area (Å²) >= 11 is 0. The van der Waals surface area contributed by atoms with E-state index in [1.807, 2.05) is 35.0 Å². The van der Waals surface area contributed by atoms with Crippen molar-refractivity contribution in [3.63, 3.8) is 0 Å². The number of nitrogens with two attached hydrogens (primary N) is 1. The van der Waals surface area contributed by atoms with Crippen molar-refractivity contribution in [3.05, 3.63) is 75.1 Å². The van der Waals surface area contributed by atoms with Crippen LogP contribution >= 0.6 is 0 Å². The first-order valence-corrected chi connectivity index (χ1v) is 11.2. The highest BCUT2D eigenvalue weighted by Gasteiger charge is 2.28. The molecule has 1 aliphatic carbocycles. The highest BCUT2D eigenvalue weighted by atomic mass is 16.6. The lowest BCUT2D eigenvalue weighted by Gasteiger charge is -2.25. The molecule has 1 heterocycles. The van der Waals surface area contributed by atoms with Crippen LogP contribution in [0, 0.1) is 10.1 Å². The van der Waals surface area contributed by atoms with Crippen molar-refractivity contribution < 1.29 is 9.66 Å². The molecule has 10 nitrogen and oxygen atoms in total. The van der Waals surface area contributed by atoms with Crippen LogP contribution in [0.1, 0.15) is 66.7 Å². The van der Waals surface area contributed by atoms with E-state index < -0.39 is 11.0 Å². The highest BCUT2D eigenvalue weighted by molar-refractivity contribution is 5.50. The number of nitrogens with zero attached hydrogens (tertiary/aromatic N) is 5. The van der Waals surface area contributed by atoms with Crippen LogP contribution in [0.4, 0.5) is 5.69 Å². The summed E-state index contributed by atoms with van der Waals surface area (Å²) < 4.78 is 7.08. The number of nitro groups is 1. The minimum atomic E-state index is -0.437. The van der Waals surface area contributed by atoms with Crippen LogP contribution in [-0.4, -0.2) is 32.2 Å². The van der Waals surface area contributed by atoms with Crippen LogP contribution in [0.3, 0.4) is 0 Å². The standard InChI is InChI=1S/C23H29N7O3/c1-33-21-11-10-18(13-20(21)30(31)32)22(25-15-17-7-5-6-16(12-17)14-24)23-26-27-28-29(23)19-8-3-2-4-9-19/h5-7,10-13,19,22,25H,2-4,8-9,14-15,24H2,1H3. The second kappa shape index (κ2) is 10.5. The molecule has 0 saturated heterocycles. The molecule has 174 valence electrons. The van der Waals surface area contributed by atoms with Crippen LogP contribution < -0.4 is 15.8 Å². The Morgan fingerprint density at radius 3 is 2.73 bits per heavy atom. The molecule has 1 aliphatic rings. The molecule has 0 radical (unpaired) electrons. The first kappa shape index (κ1) is 22.8. The summed E-state index contributed by atoms with van der Waals surface area (Å²) in [6.07, 6.45) is 5.54. The lowest BCUT2D eigenvalue weighted by Crippen LogP contribution is -2.28. The van der Waals surface area contributed by atoms with Crippen LogP contribution in [0.2, 0.25) is 0 Å². The Bertz CT molecular complexity index is 1100. The number of ether oxygens (including phenoxy) is 1. The van der Waals surface area contributed by atoms with E-state index in [-0.39, 0.29) is 17.5 Å². The molecule has 1 atom stereocenters. The van der Waals surface area contributed by atoms with Gasteiger partial charge in [0, 0.05) is 19.2 Å². The van der Waals surface area contributed by atoms with Gasteiger partial charge < -0.3 is 10.5 Å². The Balaban J connectivity index is 1.71. The van der Waals surface area contributed by atoms with Crippen molar-refractivity contribution in [1.82, 2.24) is 25.5 Å². The number of nitrogens with one attached hydrogen (secondary N) is 1. The van der Waals surface area contributed by atoms with Gasteiger partial charge in [0.25, 0.3) is 0 Å². The number of methoxy groups -OCH3 is 1. The number of nitro benzene ring substituents is 1. The number of tetrazole rings is 1. The molecule has 0 bridgehead atoms. The predicted molar refractivity (Wildman–Crippen MR) is 123 cm³/mol. The number of hydrogen-bond donors (Lipinski definition) is 2. The van der Waals surface area contributed by atoms with E-state index in [1.165, 1.54) is 19.6 Å². The monoisotopic (exact) mass is 451 g/mol. The normalized spacial score (nSPS) is 15.3. The lowest BCUT2D eigenvalue weighted by atomic mass is 9.95. The number of benzene rings is 2. The molecule has 4 rings (SSSR count). The molecular formula is C23H29N7O3. The second-order valence-corrected chi connectivity index (χ2v) is 8.30. The van der Waals surface area contributed by atoms with Gasteiger partial charge in [-0.25, -0.2) is 4.68 Å². The molecule has 0 amide bonds. The van der Waals surface area contributed by atoms with Crippen LogP contribution in [0.25, 0.3) is 0 Å². The molecule has 2 aromatic carbocycles. The maximum absolute atomic E-state index is 11.7. The van der Waals surface area contributed by atoms with Gasteiger partial charge in [-0.15, -0.1) is 5.10 Å². The van der Waals surface area contributed by atoms with E-state index in [2.05, 4.69) is 20.8 Å². The van der Waals surface area contributed by atoms with Gasteiger partial charge in [0.1, 0.15) is 0 Å². The lowest BCUT2D eigenvalue weighted by molar-refractivity contribution is -0.385. The molecular weight excluding hydrogens is 422 g/mol. The van der Waals surface area contributed by atoms with Gasteiger partial charge in [-0.3, -0.25) is 15.4 Å². The number of aromatic nitrogens is 4. The van der Waals surface area contributed by atoms with Crippen molar-refractivity contribution >= 4 is 5.69 Å². The SMILES string of the molecule is COc1ccc(C(NCc2cccc(CN)c2)c2nnnn2C2CCCCC2)cc1[N+](=O)[O-]. The average Bonchev–Trinajstić information content (AvgIpc) is 3.34. The molecule has 1 saturated carbocycles. The third kappa shape index (κ3) is 5.18. The Hall–Kier alpha value is -3.37. The van der Waals surface area contributed by atoms with Gasteiger partial charge in [-0.05, 0) is 46.0 Å². The summed E-state index contributed by atoms with van der Waals surface area (Å²) in [5.41, 5.74) is 8.49. The minimum absolute atomic E-state index is 0.0939. The van der Waals surface area contributed by atoms with E-state index in [0.717, 1.165) is 36.8 Å². The molecule has 1 unspecified atom stereocenters. The molecule has 3 aromatic rings. The van der Waals surface area contributed by atoms with Crippen molar-refractivity contribution in [1.29, 1.82) is 0 Å². The predicted octanol–water partition coefficient (Wildman–Crippen LogP) is 3.43. The third-order valence-electron chi connectivity index (χ3n) is 6.17. The maximum atomic E-state index is 11.7. The van der Waals surface area contributed by atoms with Crippen molar-refractivity contribution in [2.24, 2.45) is 5.73 Å². The quantitative estimate of drug-likeness (QED) is 0.373. The fraction of sp³-hybridized carbons (Fsp3) is 0.435. The molecule has 1 fully saturated rings. The minimum Gasteiger partial charge on any atom is -0.490 e. The molecule has 0 spiro atoms. The number of rotatable bonds is 9. The largest absolute Gasteiger partial charge is 0.490 e. The van der Waals surface area contributed by atoms with E-state index in [9.17, 15) is 10.1 Å². The van der Waals surface area contributed by atoms with Gasteiger partial charge in [0.05, 0.1) is 24.1 Å². The smallest absolute Gasteiger partial charge is 0.311 e. The maximum Gasteiger partial charge on any atom is 0.311 e. The molecule has 0 aliphatic heterocycles. The number of hydrogen-bond acceptors (Lipinski definition) is 8. The Labute approximate surface area is 192 Å². The molecule has 33 heavy (non-hydrogen) atoms. The zero-order valence-corrected chi connectivity index (χ0v) is 18.7. The molecule has 10 heteroatoms. The first-order chi connectivity index (χ1) is 16.1. The van der Waals surface area contributed by atoms with Crippen molar-refractivity contribution in [3.8, 4) is 5.75 Å². The van der Waals surface area contributed by atoms with Crippen molar-refractivity contribution in [2.75, 3.05) is 7.11 Å². The average molecular weight is 452 g/mol. The Kier molecular flexibility index (Phi) is 7.26. The first-order valence-electron chi connectivity index (χ1n) is 11.2. The van der Waals surface area contributed by atoms with E-state index in [4.69, 9.17) is 10.5 Å². The second-order valence-electron chi connectivity index (χ2n) is 8.30. The molecule has 1 aromatic heterocycles. The zero-order chi connectivity index (χ0) is 23.2. The zero-order valence-electron chi connectivity index (χ0n) is 18.7. The van der Waals surface area contributed by atoms with Crippen LogP contribution in [0.5, 0.6) is 5.75 Å². The highest BCUT2D eigenvalue weighted by Crippen LogP contribution is 2.34. The van der Waals surface area contributed by atoms with Crippen LogP contribution in [0.15, 0.2) is 42.5 Å². The van der Waals surface area contributed by atoms with Gasteiger partial charge in [-0.1, -0.05) is 49.6 Å². The summed E-state index contributed by atoms with van der Waals surface area (Å²) in [5, 5.41) is 27.8. The summed E-state index contributed by atoms with van der Waals surface area (Å²) in [6, 6.07) is 12.8. The van der Waals surface area contributed by atoms with Gasteiger partial charge in [0.15, 0.2) is 11.6 Å². The summed E-state index contributed by atoms with van der Waals surface area (Å²) in [4.78, 5) is 11.2. The van der Waals surface area contributed by atoms with Gasteiger partial charge in [0.2, 0.25) is 0 Å². The molecule has 3 N–H and O–H groups in total. The van der Waals surface area contributed by atoms with Crippen molar-refractivity contribution in [2.45, 2.75) is 57.3 Å². The fourth-order valence-corrected chi connectivity index (χ4v) is 4.45. The fourth-order valence-electron chi connectivity index (χ4n) is 4.45. The van der Waals surface area contributed by atoms with E-state index in [1.54, 1.807) is 6.07 Å². The van der Waals surface area contributed by atoms with Gasteiger partial charge in [-0.2, -0.15) is 0 Å². The third-order valence-corrected chi connectivity index (χ3v) is 6.17. The topological polar surface area (TPSA) is 134 Å². The summed E-state index contributed by atoms with van der Waals surface area (Å²) in [6.45, 7) is 0.984. The van der Waals surface area contributed by atoms with E-state index in [0.29, 0.717) is 24.5 Å². The van der Waals surface area contributed by atoms with Crippen LogP contribution in [-0.2, 0) is 13.1 Å². The van der Waals surface area contributed by atoms with E-state index >= 15 is 0 Å².